The van der Waals surface area contributed by atoms with Crippen LogP contribution in [0.3, 0.4) is 0 Å². The fourth-order valence-corrected chi connectivity index (χ4v) is 3.99. The van der Waals surface area contributed by atoms with Gasteiger partial charge in [-0.1, -0.05) is 24.6 Å². The van der Waals surface area contributed by atoms with Crippen LogP contribution in [0, 0.1) is 6.92 Å². The molecular weight excluding hydrogens is 278 g/mol. The summed E-state index contributed by atoms with van der Waals surface area (Å²) in [5.74, 6) is 0.807. The Labute approximate surface area is 120 Å². The van der Waals surface area contributed by atoms with Gasteiger partial charge in [0.2, 0.25) is 0 Å². The number of hydrogen-bond donors (Lipinski definition) is 1. The van der Waals surface area contributed by atoms with E-state index in [-0.39, 0.29) is 11.8 Å². The van der Waals surface area contributed by atoms with Gasteiger partial charge in [-0.05, 0) is 31.4 Å². The molecule has 0 aliphatic heterocycles. The maximum atomic E-state index is 11.2. The lowest BCUT2D eigenvalue weighted by Crippen LogP contribution is -2.21. The van der Waals surface area contributed by atoms with Crippen LogP contribution in [0.15, 0.2) is 23.1 Å². The summed E-state index contributed by atoms with van der Waals surface area (Å²) in [4.78, 5) is 1.15. The predicted molar refractivity (Wildman–Crippen MR) is 83.6 cm³/mol. The normalized spacial score (nSPS) is 13.5. The summed E-state index contributed by atoms with van der Waals surface area (Å²) in [6.45, 7) is 4.14. The summed E-state index contributed by atoms with van der Waals surface area (Å²) in [6.07, 6.45) is 3.07. The summed E-state index contributed by atoms with van der Waals surface area (Å²) in [7, 11) is -2.89. The van der Waals surface area contributed by atoms with Gasteiger partial charge in [0.15, 0.2) is 0 Å². The molecule has 1 aromatic carbocycles. The highest BCUT2D eigenvalue weighted by Gasteiger charge is 2.09. The van der Waals surface area contributed by atoms with E-state index < -0.39 is 9.84 Å². The van der Waals surface area contributed by atoms with E-state index in [9.17, 15) is 8.42 Å². The predicted octanol–water partition coefficient (Wildman–Crippen LogP) is 2.41. The number of hydrogen-bond acceptors (Lipinski definition) is 4. The lowest BCUT2D eigenvalue weighted by Gasteiger charge is -2.14. The number of aryl methyl sites for hydroxylation is 1. The average molecular weight is 301 g/mol. The van der Waals surface area contributed by atoms with Crippen LogP contribution >= 0.6 is 11.8 Å². The average Bonchev–Trinajstić information content (AvgIpc) is 2.30. The second-order valence-corrected chi connectivity index (χ2v) is 8.36. The summed E-state index contributed by atoms with van der Waals surface area (Å²) in [5, 5.41) is 0. The molecule has 0 spiro atoms. The lowest BCUT2D eigenvalue weighted by molar-refractivity contribution is 0.603. The van der Waals surface area contributed by atoms with Gasteiger partial charge < -0.3 is 5.73 Å². The molecule has 0 radical (unpaired) electrons. The molecule has 1 unspecified atom stereocenters. The SMILES string of the molecule is CCC(N)Cc1cc(C)ccc1SCCS(C)(=O)=O. The molecule has 1 aromatic rings. The molecule has 0 aliphatic carbocycles. The van der Waals surface area contributed by atoms with Crippen LogP contribution in [-0.4, -0.2) is 32.2 Å². The van der Waals surface area contributed by atoms with Crippen molar-refractivity contribution >= 4 is 21.6 Å². The van der Waals surface area contributed by atoms with E-state index in [1.54, 1.807) is 11.8 Å². The van der Waals surface area contributed by atoms with Gasteiger partial charge >= 0.3 is 0 Å². The van der Waals surface area contributed by atoms with Crippen molar-refractivity contribution in [2.24, 2.45) is 5.73 Å². The van der Waals surface area contributed by atoms with E-state index in [1.165, 1.54) is 17.4 Å². The molecule has 1 rings (SSSR count). The zero-order chi connectivity index (χ0) is 14.5. The fourth-order valence-electron chi connectivity index (χ4n) is 1.74. The second-order valence-electron chi connectivity index (χ2n) is 4.96. The van der Waals surface area contributed by atoms with E-state index in [1.807, 2.05) is 0 Å². The van der Waals surface area contributed by atoms with Crippen molar-refractivity contribution in [3.05, 3.63) is 29.3 Å². The highest BCUT2D eigenvalue weighted by molar-refractivity contribution is 8.00. The van der Waals surface area contributed by atoms with Crippen LogP contribution in [0.25, 0.3) is 0 Å². The summed E-state index contributed by atoms with van der Waals surface area (Å²) < 4.78 is 22.3. The molecular formula is C14H23NO2S2. The van der Waals surface area contributed by atoms with Crippen molar-refractivity contribution < 1.29 is 8.42 Å². The maximum Gasteiger partial charge on any atom is 0.148 e. The molecule has 19 heavy (non-hydrogen) atoms. The molecule has 1 atom stereocenters. The van der Waals surface area contributed by atoms with E-state index in [0.29, 0.717) is 5.75 Å². The van der Waals surface area contributed by atoms with Gasteiger partial charge in [0.05, 0.1) is 5.75 Å². The Morgan fingerprint density at radius 2 is 2.05 bits per heavy atom. The number of sulfone groups is 1. The number of rotatable bonds is 7. The van der Waals surface area contributed by atoms with Crippen molar-refractivity contribution in [1.82, 2.24) is 0 Å². The summed E-state index contributed by atoms with van der Waals surface area (Å²) >= 11 is 1.60. The molecule has 108 valence electrons. The molecule has 0 saturated heterocycles. The molecule has 3 nitrogen and oxygen atoms in total. The molecule has 0 aliphatic rings. The Bertz CT molecular complexity index is 512. The molecule has 0 amide bonds. The minimum absolute atomic E-state index is 0.163. The Kier molecular flexibility index (Phi) is 6.36. The summed E-state index contributed by atoms with van der Waals surface area (Å²) in [6, 6.07) is 6.44. The van der Waals surface area contributed by atoms with Crippen LogP contribution < -0.4 is 5.73 Å². The van der Waals surface area contributed by atoms with Gasteiger partial charge in [0.25, 0.3) is 0 Å². The zero-order valence-electron chi connectivity index (χ0n) is 11.8. The van der Waals surface area contributed by atoms with Crippen molar-refractivity contribution in [1.29, 1.82) is 0 Å². The van der Waals surface area contributed by atoms with Crippen molar-refractivity contribution in [2.45, 2.75) is 37.6 Å². The molecule has 0 aromatic heterocycles. The van der Waals surface area contributed by atoms with Crippen molar-refractivity contribution in [2.75, 3.05) is 17.8 Å². The first kappa shape index (κ1) is 16.5. The zero-order valence-corrected chi connectivity index (χ0v) is 13.5. The maximum absolute atomic E-state index is 11.2. The molecule has 0 saturated carbocycles. The molecule has 5 heteroatoms. The van der Waals surface area contributed by atoms with Gasteiger partial charge in [-0.3, -0.25) is 0 Å². The van der Waals surface area contributed by atoms with Crippen LogP contribution in [0.1, 0.15) is 24.5 Å². The van der Waals surface area contributed by atoms with Crippen molar-refractivity contribution in [3.63, 3.8) is 0 Å². The Morgan fingerprint density at radius 1 is 1.37 bits per heavy atom. The van der Waals surface area contributed by atoms with E-state index >= 15 is 0 Å². The fraction of sp³-hybridized carbons (Fsp3) is 0.571. The van der Waals surface area contributed by atoms with E-state index in [4.69, 9.17) is 5.73 Å². The van der Waals surface area contributed by atoms with E-state index in [2.05, 4.69) is 32.0 Å². The third-order valence-corrected chi connectivity index (χ3v) is 5.26. The number of nitrogens with two attached hydrogens (primary N) is 1. The van der Waals surface area contributed by atoms with Gasteiger partial charge in [-0.2, -0.15) is 0 Å². The van der Waals surface area contributed by atoms with Crippen LogP contribution in [-0.2, 0) is 16.3 Å². The molecule has 0 heterocycles. The van der Waals surface area contributed by atoms with Gasteiger partial charge in [-0.25, -0.2) is 8.42 Å². The van der Waals surface area contributed by atoms with Gasteiger partial charge in [0, 0.05) is 22.9 Å². The standard InChI is InChI=1S/C14H23NO2S2/c1-4-13(15)10-12-9-11(2)5-6-14(12)18-7-8-19(3,16)17/h5-6,9,13H,4,7-8,10,15H2,1-3H3. The first-order valence-corrected chi connectivity index (χ1v) is 9.52. The Morgan fingerprint density at radius 3 is 2.63 bits per heavy atom. The molecule has 0 fully saturated rings. The monoisotopic (exact) mass is 301 g/mol. The van der Waals surface area contributed by atoms with Crippen LogP contribution in [0.2, 0.25) is 0 Å². The van der Waals surface area contributed by atoms with Crippen LogP contribution in [0.5, 0.6) is 0 Å². The van der Waals surface area contributed by atoms with Crippen molar-refractivity contribution in [3.8, 4) is 0 Å². The smallest absolute Gasteiger partial charge is 0.148 e. The van der Waals surface area contributed by atoms with Crippen LogP contribution in [0.4, 0.5) is 0 Å². The minimum atomic E-state index is -2.89. The number of benzene rings is 1. The highest BCUT2D eigenvalue weighted by atomic mass is 32.2. The van der Waals surface area contributed by atoms with Gasteiger partial charge in [0.1, 0.15) is 9.84 Å². The largest absolute Gasteiger partial charge is 0.327 e. The second kappa shape index (κ2) is 7.31. The third kappa shape index (κ3) is 6.45. The first-order chi connectivity index (χ1) is 8.81. The topological polar surface area (TPSA) is 60.2 Å². The lowest BCUT2D eigenvalue weighted by atomic mass is 10.0. The quantitative estimate of drug-likeness (QED) is 0.786. The Balaban J connectivity index is 2.76. The highest BCUT2D eigenvalue weighted by Crippen LogP contribution is 2.25. The number of thioether (sulfide) groups is 1. The third-order valence-electron chi connectivity index (χ3n) is 2.93. The summed E-state index contributed by atoms with van der Waals surface area (Å²) in [5.41, 5.74) is 8.46. The first-order valence-electron chi connectivity index (χ1n) is 6.47. The molecule has 0 bridgehead atoms. The molecule has 2 N–H and O–H groups in total. The minimum Gasteiger partial charge on any atom is -0.327 e. The Hall–Kier alpha value is -0.520. The van der Waals surface area contributed by atoms with E-state index in [0.717, 1.165) is 17.7 Å². The van der Waals surface area contributed by atoms with Gasteiger partial charge in [-0.15, -0.1) is 11.8 Å².